The van der Waals surface area contributed by atoms with Gasteiger partial charge in [-0.3, -0.25) is 4.98 Å². The van der Waals surface area contributed by atoms with E-state index < -0.39 is 6.10 Å². The average molecular weight is 348 g/mol. The first-order chi connectivity index (χ1) is 12.3. The zero-order valence-corrected chi connectivity index (χ0v) is 14.2. The van der Waals surface area contributed by atoms with Crippen molar-refractivity contribution in [2.75, 3.05) is 0 Å². The number of hydrogen-bond donors (Lipinski definition) is 1. The normalized spacial score (nSPS) is 12.2. The molecule has 3 aromatic heterocycles. The largest absolute Gasteiger partial charge is 0.386 e. The van der Waals surface area contributed by atoms with Crippen LogP contribution in [-0.2, 0) is 6.54 Å². The number of aromatic nitrogens is 4. The lowest BCUT2D eigenvalue weighted by Crippen LogP contribution is -2.09. The van der Waals surface area contributed by atoms with Gasteiger partial charge in [0.2, 0.25) is 0 Å². The van der Waals surface area contributed by atoms with Crippen LogP contribution in [0.4, 0.5) is 0 Å². The van der Waals surface area contributed by atoms with Crippen LogP contribution >= 0.6 is 11.3 Å². The molecule has 0 saturated heterocycles. The Hall–Kier alpha value is -2.83. The molecule has 1 aromatic carbocycles. The summed E-state index contributed by atoms with van der Waals surface area (Å²) in [5.74, 6) is 0. The van der Waals surface area contributed by atoms with E-state index in [9.17, 15) is 5.11 Å². The lowest BCUT2D eigenvalue weighted by molar-refractivity contribution is 0.156. The molecule has 0 aliphatic carbocycles. The SMILES string of the molecule is OC(Cn1cnc(-c2ccccc2)c1-c1nccs1)c1cccnc1. The van der Waals surface area contributed by atoms with Crippen LogP contribution in [0, 0.1) is 0 Å². The van der Waals surface area contributed by atoms with E-state index in [1.54, 1.807) is 36.3 Å². The number of aliphatic hydroxyl groups is 1. The lowest BCUT2D eigenvalue weighted by atomic mass is 10.1. The highest BCUT2D eigenvalue weighted by molar-refractivity contribution is 7.13. The highest BCUT2D eigenvalue weighted by Crippen LogP contribution is 2.33. The van der Waals surface area contributed by atoms with E-state index in [0.717, 1.165) is 27.5 Å². The van der Waals surface area contributed by atoms with Crippen molar-refractivity contribution in [3.05, 3.63) is 78.3 Å². The quantitative estimate of drug-likeness (QED) is 0.596. The van der Waals surface area contributed by atoms with Gasteiger partial charge in [0, 0.05) is 35.1 Å². The Morgan fingerprint density at radius 3 is 2.64 bits per heavy atom. The number of pyridine rings is 1. The van der Waals surface area contributed by atoms with Crippen molar-refractivity contribution >= 4 is 11.3 Å². The van der Waals surface area contributed by atoms with Crippen LogP contribution in [0.25, 0.3) is 22.0 Å². The predicted molar refractivity (Wildman–Crippen MR) is 98.0 cm³/mol. The van der Waals surface area contributed by atoms with Crippen molar-refractivity contribution in [1.82, 2.24) is 19.5 Å². The summed E-state index contributed by atoms with van der Waals surface area (Å²) in [5, 5.41) is 13.4. The van der Waals surface area contributed by atoms with E-state index >= 15 is 0 Å². The average Bonchev–Trinajstić information content (AvgIpc) is 3.32. The maximum absolute atomic E-state index is 10.6. The van der Waals surface area contributed by atoms with Gasteiger partial charge < -0.3 is 9.67 Å². The summed E-state index contributed by atoms with van der Waals surface area (Å²) < 4.78 is 1.96. The molecule has 1 N–H and O–H groups in total. The third-order valence-corrected chi connectivity index (χ3v) is 4.74. The number of thiazole rings is 1. The molecule has 0 saturated carbocycles. The fraction of sp³-hybridized carbons (Fsp3) is 0.105. The van der Waals surface area contributed by atoms with Crippen molar-refractivity contribution in [1.29, 1.82) is 0 Å². The van der Waals surface area contributed by atoms with Gasteiger partial charge >= 0.3 is 0 Å². The van der Waals surface area contributed by atoms with Gasteiger partial charge in [0.05, 0.1) is 24.7 Å². The fourth-order valence-corrected chi connectivity index (χ4v) is 3.46. The zero-order valence-electron chi connectivity index (χ0n) is 13.4. The molecule has 1 unspecified atom stereocenters. The van der Waals surface area contributed by atoms with Gasteiger partial charge in [-0.1, -0.05) is 36.4 Å². The van der Waals surface area contributed by atoms with E-state index in [0.29, 0.717) is 6.54 Å². The number of hydrogen-bond acceptors (Lipinski definition) is 5. The summed E-state index contributed by atoms with van der Waals surface area (Å²) in [5.41, 5.74) is 3.60. The summed E-state index contributed by atoms with van der Waals surface area (Å²) in [6, 6.07) is 13.7. The maximum atomic E-state index is 10.6. The molecule has 4 aromatic rings. The number of nitrogens with zero attached hydrogens (tertiary/aromatic N) is 4. The van der Waals surface area contributed by atoms with E-state index in [4.69, 9.17) is 0 Å². The number of imidazole rings is 1. The third-order valence-electron chi connectivity index (χ3n) is 3.96. The zero-order chi connectivity index (χ0) is 17.1. The van der Waals surface area contributed by atoms with Crippen LogP contribution in [-0.4, -0.2) is 24.6 Å². The Balaban J connectivity index is 1.75. The van der Waals surface area contributed by atoms with Gasteiger partial charge in [-0.05, 0) is 6.07 Å². The summed E-state index contributed by atoms with van der Waals surface area (Å²) >= 11 is 1.56. The molecule has 0 aliphatic rings. The van der Waals surface area contributed by atoms with Crippen LogP contribution in [0.3, 0.4) is 0 Å². The lowest BCUT2D eigenvalue weighted by Gasteiger charge is -2.14. The minimum Gasteiger partial charge on any atom is -0.386 e. The second-order valence-corrected chi connectivity index (χ2v) is 6.49. The fourth-order valence-electron chi connectivity index (χ4n) is 2.76. The molecule has 0 aliphatic heterocycles. The summed E-state index contributed by atoms with van der Waals surface area (Å²) in [4.78, 5) is 13.1. The minimum atomic E-state index is -0.662. The van der Waals surface area contributed by atoms with Crippen LogP contribution in [0.2, 0.25) is 0 Å². The second kappa shape index (κ2) is 6.96. The highest BCUT2D eigenvalue weighted by atomic mass is 32.1. The van der Waals surface area contributed by atoms with Crippen molar-refractivity contribution < 1.29 is 5.11 Å². The first kappa shape index (κ1) is 15.7. The molecule has 25 heavy (non-hydrogen) atoms. The van der Waals surface area contributed by atoms with E-state index in [-0.39, 0.29) is 0 Å². The predicted octanol–water partition coefficient (Wildman–Crippen LogP) is 3.80. The van der Waals surface area contributed by atoms with Gasteiger partial charge in [0.25, 0.3) is 0 Å². The van der Waals surface area contributed by atoms with Crippen molar-refractivity contribution in [3.63, 3.8) is 0 Å². The molecule has 4 rings (SSSR count). The summed E-state index contributed by atoms with van der Waals surface area (Å²) in [7, 11) is 0. The monoisotopic (exact) mass is 348 g/mol. The molecule has 3 heterocycles. The molecule has 5 nitrogen and oxygen atoms in total. The molecule has 0 spiro atoms. The van der Waals surface area contributed by atoms with Crippen LogP contribution in [0.5, 0.6) is 0 Å². The molecule has 1 atom stereocenters. The molecule has 6 heteroatoms. The summed E-state index contributed by atoms with van der Waals surface area (Å²) in [6.07, 6.45) is 6.26. The minimum absolute atomic E-state index is 0.389. The van der Waals surface area contributed by atoms with E-state index in [2.05, 4.69) is 15.0 Å². The Kier molecular flexibility index (Phi) is 4.37. The number of aliphatic hydroxyl groups excluding tert-OH is 1. The van der Waals surface area contributed by atoms with Gasteiger partial charge in [0.15, 0.2) is 0 Å². The van der Waals surface area contributed by atoms with E-state index in [1.807, 2.05) is 52.4 Å². The second-order valence-electron chi connectivity index (χ2n) is 5.60. The Labute approximate surface area is 149 Å². The summed E-state index contributed by atoms with van der Waals surface area (Å²) in [6.45, 7) is 0.389. The maximum Gasteiger partial charge on any atom is 0.142 e. The van der Waals surface area contributed by atoms with Gasteiger partial charge in [-0.15, -0.1) is 11.3 Å². The van der Waals surface area contributed by atoms with Crippen molar-refractivity contribution in [2.45, 2.75) is 12.6 Å². The Morgan fingerprint density at radius 1 is 1.04 bits per heavy atom. The van der Waals surface area contributed by atoms with Crippen LogP contribution in [0.1, 0.15) is 11.7 Å². The molecular formula is C19H16N4OS. The molecule has 0 amide bonds. The number of rotatable bonds is 5. The first-order valence-corrected chi connectivity index (χ1v) is 8.79. The first-order valence-electron chi connectivity index (χ1n) is 7.91. The molecule has 124 valence electrons. The highest BCUT2D eigenvalue weighted by Gasteiger charge is 2.19. The van der Waals surface area contributed by atoms with Crippen molar-refractivity contribution in [2.24, 2.45) is 0 Å². The molecular weight excluding hydrogens is 332 g/mol. The molecule has 0 fully saturated rings. The Morgan fingerprint density at radius 2 is 1.92 bits per heavy atom. The Bertz CT molecular complexity index is 936. The van der Waals surface area contributed by atoms with Gasteiger partial charge in [0.1, 0.15) is 10.7 Å². The third kappa shape index (κ3) is 3.22. The molecule has 0 bridgehead atoms. The standard InChI is InChI=1S/C19H16N4OS/c24-16(15-7-4-8-20-11-15)12-23-13-22-17(14-5-2-1-3-6-14)18(23)19-21-9-10-25-19/h1-11,13,16,24H,12H2. The molecule has 0 radical (unpaired) electrons. The topological polar surface area (TPSA) is 63.8 Å². The van der Waals surface area contributed by atoms with Gasteiger partial charge in [-0.25, -0.2) is 9.97 Å². The van der Waals surface area contributed by atoms with E-state index in [1.165, 1.54) is 0 Å². The smallest absolute Gasteiger partial charge is 0.142 e. The van der Waals surface area contributed by atoms with Gasteiger partial charge in [-0.2, -0.15) is 0 Å². The van der Waals surface area contributed by atoms with Crippen LogP contribution < -0.4 is 0 Å². The number of benzene rings is 1. The van der Waals surface area contributed by atoms with Crippen molar-refractivity contribution in [3.8, 4) is 22.0 Å². The van der Waals surface area contributed by atoms with Crippen LogP contribution in [0.15, 0.2) is 72.8 Å².